The molecule has 0 bridgehead atoms. The van der Waals surface area contributed by atoms with E-state index in [9.17, 15) is 38.3 Å². The lowest BCUT2D eigenvalue weighted by atomic mass is 9.85. The number of aromatic nitrogens is 3. The number of ether oxygens (including phenoxy) is 1. The lowest BCUT2D eigenvalue weighted by molar-refractivity contribution is -0.144. The minimum Gasteiger partial charge on any atom is -0.482 e. The summed E-state index contributed by atoms with van der Waals surface area (Å²) in [7, 11) is 0. The molecule has 3 aromatic carbocycles. The van der Waals surface area contributed by atoms with Gasteiger partial charge in [-0.3, -0.25) is 28.8 Å². The molecule has 2 aliphatic rings. The fourth-order valence-corrected chi connectivity index (χ4v) is 11.4. The monoisotopic (exact) mass is 1130 g/mol. The molecule has 0 saturated carbocycles. The summed E-state index contributed by atoms with van der Waals surface area (Å²) in [5.41, 5.74) is 10.8. The Morgan fingerprint density at radius 3 is 2.22 bits per heavy atom. The Balaban J connectivity index is 0.819. The number of anilines is 2. The lowest BCUT2D eigenvalue weighted by Crippen LogP contribution is -2.59. The van der Waals surface area contributed by atoms with E-state index in [1.165, 1.54) is 17.0 Å². The first kappa shape index (κ1) is 58.9. The smallest absolute Gasteiger partial charge is 0.276 e. The van der Waals surface area contributed by atoms with Crippen LogP contribution in [-0.4, -0.2) is 120 Å². The third kappa shape index (κ3) is 14.5. The summed E-state index contributed by atoms with van der Waals surface area (Å²) in [6, 6.07) is 15.7. The zero-order chi connectivity index (χ0) is 56.6. The third-order valence-corrected chi connectivity index (χ3v) is 15.6. The van der Waals surface area contributed by atoms with Crippen LogP contribution in [0.5, 0.6) is 5.75 Å². The molecule has 18 nitrogen and oxygen atoms in total. The first-order chi connectivity index (χ1) is 37.0. The quantitative estimate of drug-likeness (QED) is 0.0386. The largest absolute Gasteiger partial charge is 0.482 e. The second-order valence-electron chi connectivity index (χ2n) is 21.1. The van der Waals surface area contributed by atoms with Crippen LogP contribution in [0, 0.1) is 18.2 Å². The van der Waals surface area contributed by atoms with Crippen molar-refractivity contribution >= 4 is 81.5 Å². The van der Waals surface area contributed by atoms with Gasteiger partial charge in [0, 0.05) is 85.4 Å². The molecule has 4 heterocycles. The Bertz CT molecular complexity index is 2980. The van der Waals surface area contributed by atoms with Crippen molar-refractivity contribution in [2.75, 3.05) is 30.7 Å². The molecule has 6 atom stereocenters. The van der Waals surface area contributed by atoms with Gasteiger partial charge in [-0.15, -0.1) is 21.5 Å². The number of nitrogens with one attached hydrogen (secondary N) is 3. The Labute approximate surface area is 467 Å². The number of rotatable bonds is 19. The van der Waals surface area contributed by atoms with Gasteiger partial charge >= 0.3 is 0 Å². The summed E-state index contributed by atoms with van der Waals surface area (Å²) >= 11 is 14.0. The van der Waals surface area contributed by atoms with E-state index in [1.54, 1.807) is 52.9 Å². The molecule has 1 unspecified atom stereocenters. The number of halogens is 3. The number of hydrogen-bond donors (Lipinski definition) is 5. The Morgan fingerprint density at radius 1 is 0.910 bits per heavy atom. The number of likely N-dealkylation sites (tertiary alicyclic amines) is 1. The number of aliphatic hydroxyl groups is 1. The van der Waals surface area contributed by atoms with Crippen LogP contribution in [0.25, 0.3) is 10.4 Å². The van der Waals surface area contributed by atoms with E-state index < -0.39 is 47.3 Å². The number of hydrogen-bond acceptors (Lipinski definition) is 13. The summed E-state index contributed by atoms with van der Waals surface area (Å²) in [6.45, 7) is 13.8. The topological polar surface area (TPSA) is 242 Å². The van der Waals surface area contributed by atoms with Crippen LogP contribution in [0.3, 0.4) is 0 Å². The van der Waals surface area contributed by atoms with E-state index in [2.05, 4.69) is 31.1 Å². The van der Waals surface area contributed by atoms with Crippen molar-refractivity contribution < 1.29 is 43.0 Å². The number of thiazole rings is 1. The van der Waals surface area contributed by atoms with Crippen molar-refractivity contribution in [3.05, 3.63) is 116 Å². The number of carbonyl (C=O) groups is 6. The number of amides is 6. The van der Waals surface area contributed by atoms with Crippen molar-refractivity contribution in [1.82, 2.24) is 40.5 Å². The van der Waals surface area contributed by atoms with Crippen LogP contribution in [-0.2, 0) is 25.7 Å². The van der Waals surface area contributed by atoms with Gasteiger partial charge in [0.05, 0.1) is 27.2 Å². The van der Waals surface area contributed by atoms with Crippen molar-refractivity contribution in [3.8, 4) is 16.2 Å². The zero-order valence-corrected chi connectivity index (χ0v) is 47.1. The Kier molecular flexibility index (Phi) is 19.5. The van der Waals surface area contributed by atoms with Gasteiger partial charge in [-0.1, -0.05) is 81.1 Å². The number of benzene rings is 3. The molecule has 7 rings (SSSR count). The van der Waals surface area contributed by atoms with E-state index in [-0.39, 0.29) is 94.5 Å². The van der Waals surface area contributed by atoms with Crippen LogP contribution in [0.15, 0.2) is 72.2 Å². The Hall–Kier alpha value is -6.74. The summed E-state index contributed by atoms with van der Waals surface area (Å²) < 4.78 is 20.0. The molecule has 22 heteroatoms. The van der Waals surface area contributed by atoms with Gasteiger partial charge < -0.3 is 46.2 Å². The molecule has 416 valence electrons. The number of β-amino-alcohol motifs (C(OH)–C–C–N with tert-alkyl or cyclic N) is 1. The van der Waals surface area contributed by atoms with Gasteiger partial charge in [0.15, 0.2) is 17.3 Å². The number of nitrogen functional groups attached to an aromatic ring is 1. The first-order valence-electron chi connectivity index (χ1n) is 26.0. The highest BCUT2D eigenvalue weighted by Gasteiger charge is 2.44. The molecule has 6 amide bonds. The van der Waals surface area contributed by atoms with Crippen LogP contribution in [0.2, 0.25) is 10.0 Å². The van der Waals surface area contributed by atoms with Gasteiger partial charge in [0.25, 0.3) is 11.8 Å². The van der Waals surface area contributed by atoms with Gasteiger partial charge in [-0.05, 0) is 93.5 Å². The molecule has 2 aromatic heterocycles. The number of nitrogens with zero attached hydrogens (tertiary/aromatic N) is 6. The second-order valence-corrected chi connectivity index (χ2v) is 22.7. The maximum absolute atomic E-state index is 14.2. The lowest BCUT2D eigenvalue weighted by Gasteiger charge is -2.44. The number of piperazine rings is 1. The van der Waals surface area contributed by atoms with Crippen LogP contribution < -0.4 is 26.4 Å². The van der Waals surface area contributed by atoms with Crippen molar-refractivity contribution in [3.63, 3.8) is 0 Å². The zero-order valence-electron chi connectivity index (χ0n) is 44.8. The second kappa shape index (κ2) is 25.8. The van der Waals surface area contributed by atoms with E-state index in [0.29, 0.717) is 56.4 Å². The third-order valence-electron chi connectivity index (χ3n) is 13.9. The molecule has 5 aromatic rings. The van der Waals surface area contributed by atoms with Crippen LogP contribution in [0.1, 0.15) is 130 Å². The van der Waals surface area contributed by atoms with Crippen molar-refractivity contribution in [2.45, 2.75) is 136 Å². The average Bonchev–Trinajstić information content (AvgIpc) is 4.10. The molecule has 2 saturated heterocycles. The number of unbranched alkanes of at least 4 members (excludes halogenated alkanes) is 3. The van der Waals surface area contributed by atoms with Crippen molar-refractivity contribution in [2.24, 2.45) is 5.41 Å². The molecular formula is C56H67Cl2FN10O8S. The summed E-state index contributed by atoms with van der Waals surface area (Å²) in [5, 5.41) is 26.9. The normalized spacial score (nSPS) is 18.3. The predicted molar refractivity (Wildman–Crippen MR) is 297 cm³/mol. The maximum Gasteiger partial charge on any atom is 0.276 e. The molecule has 0 aliphatic carbocycles. The number of carbonyl (C=O) groups excluding carboxylic acids is 6. The fraction of sp³-hybridized carbons (Fsp3) is 0.446. The van der Waals surface area contributed by atoms with Crippen LogP contribution >= 0.6 is 34.5 Å². The summed E-state index contributed by atoms with van der Waals surface area (Å²) in [4.78, 5) is 91.7. The molecule has 78 heavy (non-hydrogen) atoms. The van der Waals surface area contributed by atoms with Gasteiger partial charge in [-0.2, -0.15) is 0 Å². The highest BCUT2D eigenvalue weighted by molar-refractivity contribution is 7.13. The molecule has 0 radical (unpaired) electrons. The van der Waals surface area contributed by atoms with E-state index in [1.807, 2.05) is 70.7 Å². The van der Waals surface area contributed by atoms with E-state index >= 15 is 0 Å². The predicted octanol–water partition coefficient (Wildman–Crippen LogP) is 8.54. The average molecular weight is 1130 g/mol. The first-order valence-corrected chi connectivity index (χ1v) is 27.6. The van der Waals surface area contributed by atoms with E-state index in [0.717, 1.165) is 27.8 Å². The SMILES string of the molecule is Cc1ncsc1-c1ccc(CNC(=O)[C@@H]2C[C@@H](O)CN2C(=O)C(NC(=O)CCCCCCC(=O)N2[C@H](C)CN(C(=O)c3ccc(NC(=O)c4cc(O[C@H](C)c5c(Cl)ccc(F)c5Cl)c(N)nn4)cc3)C[C@@H]2C)C(C)(C)C)cc1. The highest BCUT2D eigenvalue weighted by Crippen LogP contribution is 2.36. The standard InChI is InChI=1S/C56H67Cl2FN10O8S/c1-31-27-67(54(75)37-18-20-38(21-19-37)63-52(73)42-25-44(51(60)66-65-42)77-34(4)47-40(57)22-23-41(59)48(47)58)28-32(2)69(31)46(72)13-11-9-8-10-12-45(71)64-50(56(5,6)7)55(76)68-29-39(70)24-43(68)53(74)61-26-35-14-16-36(17-15-35)49-33(3)62-30-78-49/h14-23,25,30-32,34,39,43,50,70H,8-13,24,26-29H2,1-7H3,(H2,60,66)(H,61,74)(H,63,73)(H,64,71)/t31-,32+,34-,39-,43+,50?/m1/s1. The Morgan fingerprint density at radius 2 is 1.58 bits per heavy atom. The van der Waals surface area contributed by atoms with Gasteiger partial charge in [0.1, 0.15) is 24.0 Å². The van der Waals surface area contributed by atoms with Crippen LogP contribution in [0.4, 0.5) is 15.9 Å². The number of aliphatic hydroxyl groups excluding tert-OH is 1. The number of aryl methyl sites for hydroxylation is 1. The molecular weight excluding hydrogens is 1060 g/mol. The summed E-state index contributed by atoms with van der Waals surface area (Å²) in [6.07, 6.45) is 1.39. The maximum atomic E-state index is 14.2. The molecule has 2 aliphatic heterocycles. The molecule has 6 N–H and O–H groups in total. The molecule has 2 fully saturated rings. The van der Waals surface area contributed by atoms with Gasteiger partial charge in [0.2, 0.25) is 23.6 Å². The summed E-state index contributed by atoms with van der Waals surface area (Å²) in [5.74, 6) is -2.77. The highest BCUT2D eigenvalue weighted by atomic mass is 35.5. The van der Waals surface area contributed by atoms with Gasteiger partial charge in [-0.25, -0.2) is 9.37 Å². The number of nitrogens with two attached hydrogens (primary N) is 1. The fourth-order valence-electron chi connectivity index (χ4n) is 9.87. The van der Waals surface area contributed by atoms with Crippen molar-refractivity contribution in [1.29, 1.82) is 0 Å². The minimum atomic E-state index is -0.935. The van der Waals surface area contributed by atoms with E-state index in [4.69, 9.17) is 33.7 Å². The minimum absolute atomic E-state index is 0.00105. The molecule has 0 spiro atoms.